The van der Waals surface area contributed by atoms with E-state index in [9.17, 15) is 22.0 Å². The lowest BCUT2D eigenvalue weighted by molar-refractivity contribution is -0.142. The van der Waals surface area contributed by atoms with Crippen LogP contribution >= 0.6 is 0 Å². The summed E-state index contributed by atoms with van der Waals surface area (Å²) in [5.74, 6) is -5.00. The highest BCUT2D eigenvalue weighted by Crippen LogP contribution is 2.49. The Bertz CT molecular complexity index is 1040. The van der Waals surface area contributed by atoms with Gasteiger partial charge in [0.15, 0.2) is 0 Å². The summed E-state index contributed by atoms with van der Waals surface area (Å²) in [5.41, 5.74) is -2.46. The molecule has 7 heteroatoms. The van der Waals surface area contributed by atoms with E-state index >= 15 is 8.78 Å². The van der Waals surface area contributed by atoms with Crippen LogP contribution in [0.3, 0.4) is 0 Å². The van der Waals surface area contributed by atoms with E-state index < -0.39 is 46.1 Å². The van der Waals surface area contributed by atoms with Gasteiger partial charge in [0.05, 0.1) is 5.56 Å². The molecular formula is C26H25F7. The Kier molecular flexibility index (Phi) is 6.61. The van der Waals surface area contributed by atoms with Crippen LogP contribution in [-0.2, 0) is 12.6 Å². The molecule has 0 unspecified atom stereocenters. The number of allylic oxidation sites excluding steroid dienone is 2. The van der Waals surface area contributed by atoms with Crippen molar-refractivity contribution in [2.75, 3.05) is 0 Å². The van der Waals surface area contributed by atoms with Crippen molar-refractivity contribution in [1.29, 1.82) is 0 Å². The average molecular weight is 470 g/mol. The molecule has 0 aromatic heterocycles. The quantitative estimate of drug-likeness (QED) is 0.310. The first kappa shape index (κ1) is 23.8. The third-order valence-corrected chi connectivity index (χ3v) is 7.02. The molecule has 0 nitrogen and oxygen atoms in total. The predicted molar refractivity (Wildman–Crippen MR) is 113 cm³/mol. The summed E-state index contributed by atoms with van der Waals surface area (Å²) in [5, 5.41) is 0. The first-order chi connectivity index (χ1) is 15.6. The second-order valence-corrected chi connectivity index (χ2v) is 9.12. The zero-order valence-electron chi connectivity index (χ0n) is 18.2. The van der Waals surface area contributed by atoms with Gasteiger partial charge >= 0.3 is 6.18 Å². The summed E-state index contributed by atoms with van der Waals surface area (Å²) >= 11 is 0. The molecule has 0 spiro atoms. The maximum absolute atomic E-state index is 15.4. The third kappa shape index (κ3) is 4.56. The maximum Gasteiger partial charge on any atom is 0.422 e. The van der Waals surface area contributed by atoms with E-state index in [1.165, 1.54) is 6.07 Å². The highest BCUT2D eigenvalue weighted by Gasteiger charge is 2.39. The summed E-state index contributed by atoms with van der Waals surface area (Å²) in [6, 6.07) is 1.91. The second-order valence-electron chi connectivity index (χ2n) is 9.12. The zero-order valence-corrected chi connectivity index (χ0v) is 18.2. The minimum atomic E-state index is -5.25. The number of hydrogen-bond acceptors (Lipinski definition) is 0. The first-order valence-electron chi connectivity index (χ1n) is 11.4. The Labute approximate surface area is 188 Å². The Hall–Kier alpha value is -2.31. The van der Waals surface area contributed by atoms with Crippen molar-refractivity contribution < 1.29 is 30.7 Å². The van der Waals surface area contributed by atoms with Crippen molar-refractivity contribution in [2.24, 2.45) is 11.8 Å². The number of hydrogen-bond donors (Lipinski definition) is 0. The fraction of sp³-hybridized carbons (Fsp3) is 0.462. The average Bonchev–Trinajstić information content (AvgIpc) is 2.72. The SMILES string of the molecule is CCC/C=C/[C@@H]1CC[C@@H]2c3cc(F)c(-c4cc(F)c(C(F)(F)F)c(F)c4)c(F)c3CC[C@@H]2C1. The number of fused-ring (bicyclic) bond motifs is 3. The van der Waals surface area contributed by atoms with E-state index in [4.69, 9.17) is 0 Å². The normalized spacial score (nSPS) is 23.0. The third-order valence-electron chi connectivity index (χ3n) is 7.02. The summed E-state index contributed by atoms with van der Waals surface area (Å²) in [6.45, 7) is 2.12. The van der Waals surface area contributed by atoms with Crippen LogP contribution in [0.1, 0.15) is 68.1 Å². The van der Waals surface area contributed by atoms with Gasteiger partial charge in [0.2, 0.25) is 0 Å². The molecule has 1 fully saturated rings. The minimum Gasteiger partial charge on any atom is -0.206 e. The minimum absolute atomic E-state index is 0.00343. The molecule has 4 rings (SSSR count). The number of unbranched alkanes of at least 4 members (excludes halogenated alkanes) is 1. The summed E-state index contributed by atoms with van der Waals surface area (Å²) < 4.78 is 97.2. The number of benzene rings is 2. The Balaban J connectivity index is 1.68. The number of rotatable bonds is 4. The van der Waals surface area contributed by atoms with E-state index in [0.717, 1.165) is 32.1 Å². The molecule has 2 aliphatic carbocycles. The maximum atomic E-state index is 15.4. The van der Waals surface area contributed by atoms with Gasteiger partial charge in [-0.3, -0.25) is 0 Å². The van der Waals surface area contributed by atoms with Crippen LogP contribution in [0.4, 0.5) is 30.7 Å². The zero-order chi connectivity index (χ0) is 23.9. The molecule has 2 aromatic carbocycles. The monoisotopic (exact) mass is 470 g/mol. The molecule has 2 aromatic rings. The number of alkyl halides is 3. The van der Waals surface area contributed by atoms with E-state index in [0.29, 0.717) is 47.9 Å². The molecule has 0 amide bonds. The summed E-state index contributed by atoms with van der Waals surface area (Å²) in [4.78, 5) is 0. The van der Waals surface area contributed by atoms with Gasteiger partial charge in [0.25, 0.3) is 0 Å². The van der Waals surface area contributed by atoms with E-state index in [1.54, 1.807) is 0 Å². The lowest BCUT2D eigenvalue weighted by atomic mass is 9.65. The topological polar surface area (TPSA) is 0 Å². The van der Waals surface area contributed by atoms with Crippen LogP contribution in [0.25, 0.3) is 11.1 Å². The molecule has 2 aliphatic rings. The van der Waals surface area contributed by atoms with Gasteiger partial charge in [0, 0.05) is 0 Å². The molecule has 0 heterocycles. The fourth-order valence-electron chi connectivity index (χ4n) is 5.50. The highest BCUT2D eigenvalue weighted by atomic mass is 19.4. The smallest absolute Gasteiger partial charge is 0.206 e. The Morgan fingerprint density at radius 1 is 0.939 bits per heavy atom. The Morgan fingerprint density at radius 3 is 2.27 bits per heavy atom. The van der Waals surface area contributed by atoms with Gasteiger partial charge in [-0.15, -0.1) is 0 Å². The fourth-order valence-corrected chi connectivity index (χ4v) is 5.50. The van der Waals surface area contributed by atoms with Gasteiger partial charge in [-0.1, -0.05) is 25.5 Å². The first-order valence-corrected chi connectivity index (χ1v) is 11.4. The van der Waals surface area contributed by atoms with Crippen molar-refractivity contribution >= 4 is 0 Å². The van der Waals surface area contributed by atoms with Crippen molar-refractivity contribution in [3.63, 3.8) is 0 Å². The van der Waals surface area contributed by atoms with Gasteiger partial charge in [0.1, 0.15) is 28.8 Å². The largest absolute Gasteiger partial charge is 0.422 e. The van der Waals surface area contributed by atoms with Crippen molar-refractivity contribution in [1.82, 2.24) is 0 Å². The predicted octanol–water partition coefficient (Wildman–Crippen LogP) is 8.73. The molecule has 0 saturated heterocycles. The van der Waals surface area contributed by atoms with Crippen LogP contribution in [-0.4, -0.2) is 0 Å². The van der Waals surface area contributed by atoms with Crippen LogP contribution < -0.4 is 0 Å². The van der Waals surface area contributed by atoms with Gasteiger partial charge in [-0.2, -0.15) is 13.2 Å². The number of halogens is 7. The second kappa shape index (κ2) is 9.15. The standard InChI is InChI=1S/C26H25F7/c1-2-3-4-5-14-6-8-17-15(10-14)7-9-18-19(17)13-20(27)23(25(18)30)16-11-21(28)24(22(29)12-16)26(31,32)33/h4-5,11-15,17H,2-3,6-10H2,1H3/b5-4+/t14-,15-,17+/m1/s1. The van der Waals surface area contributed by atoms with Crippen molar-refractivity contribution in [2.45, 2.75) is 64.0 Å². The van der Waals surface area contributed by atoms with Crippen LogP contribution in [0, 0.1) is 35.1 Å². The highest BCUT2D eigenvalue weighted by molar-refractivity contribution is 5.68. The molecule has 33 heavy (non-hydrogen) atoms. The van der Waals surface area contributed by atoms with E-state index in [2.05, 4.69) is 19.1 Å². The lowest BCUT2D eigenvalue weighted by Crippen LogP contribution is -2.28. The van der Waals surface area contributed by atoms with Crippen LogP contribution in [0.2, 0.25) is 0 Å². The molecule has 0 radical (unpaired) electrons. The molecule has 0 aliphatic heterocycles. The summed E-state index contributed by atoms with van der Waals surface area (Å²) in [7, 11) is 0. The molecule has 0 N–H and O–H groups in total. The van der Waals surface area contributed by atoms with Crippen LogP contribution in [0.15, 0.2) is 30.4 Å². The van der Waals surface area contributed by atoms with Crippen molar-refractivity contribution in [3.8, 4) is 11.1 Å². The molecule has 178 valence electrons. The molecule has 0 bridgehead atoms. The lowest BCUT2D eigenvalue weighted by Gasteiger charge is -2.40. The van der Waals surface area contributed by atoms with E-state index in [-0.39, 0.29) is 5.92 Å². The molecule has 3 atom stereocenters. The van der Waals surface area contributed by atoms with Gasteiger partial charge < -0.3 is 0 Å². The Morgan fingerprint density at radius 2 is 1.64 bits per heavy atom. The molecule has 1 saturated carbocycles. The van der Waals surface area contributed by atoms with E-state index in [1.807, 2.05) is 0 Å². The van der Waals surface area contributed by atoms with Gasteiger partial charge in [-0.25, -0.2) is 17.6 Å². The molecular weight excluding hydrogens is 445 g/mol. The van der Waals surface area contributed by atoms with Gasteiger partial charge in [-0.05, 0) is 91.2 Å². The van der Waals surface area contributed by atoms with Crippen LogP contribution in [0.5, 0.6) is 0 Å². The van der Waals surface area contributed by atoms with Crippen molar-refractivity contribution in [3.05, 3.63) is 70.3 Å². The summed E-state index contributed by atoms with van der Waals surface area (Å²) in [6.07, 6.45) is 5.02.